The molecular weight excluding hydrogens is 252 g/mol. The molecular formula is C12H12N2O5. The van der Waals surface area contributed by atoms with Crippen LogP contribution in [0, 0.1) is 10.1 Å². The van der Waals surface area contributed by atoms with Gasteiger partial charge in [-0.25, -0.2) is 4.79 Å². The molecule has 7 nitrogen and oxygen atoms in total. The number of rotatable bonds is 3. The van der Waals surface area contributed by atoms with Crippen LogP contribution in [0.2, 0.25) is 0 Å². The summed E-state index contributed by atoms with van der Waals surface area (Å²) >= 11 is 0. The second-order valence-electron chi connectivity index (χ2n) is 4.27. The van der Waals surface area contributed by atoms with Gasteiger partial charge < -0.3 is 10.0 Å². The van der Waals surface area contributed by atoms with Crippen LogP contribution >= 0.6 is 0 Å². The number of amides is 1. The minimum absolute atomic E-state index is 0.0688. The van der Waals surface area contributed by atoms with Gasteiger partial charge in [-0.1, -0.05) is 12.1 Å². The molecule has 0 aliphatic carbocycles. The first-order valence-corrected chi connectivity index (χ1v) is 5.79. The Kier molecular flexibility index (Phi) is 3.46. The highest BCUT2D eigenvalue weighted by Gasteiger charge is 2.36. The maximum absolute atomic E-state index is 12.2. The predicted octanol–water partition coefficient (Wildman–Crippen LogP) is 1.28. The van der Waals surface area contributed by atoms with Gasteiger partial charge >= 0.3 is 5.97 Å². The molecule has 0 spiro atoms. The number of aliphatic carboxylic acids is 1. The van der Waals surface area contributed by atoms with Crippen molar-refractivity contribution in [1.82, 2.24) is 4.90 Å². The number of para-hydroxylation sites is 1. The van der Waals surface area contributed by atoms with Crippen LogP contribution in [-0.4, -0.2) is 39.4 Å². The average Bonchev–Trinajstić information content (AvgIpc) is 2.87. The predicted molar refractivity (Wildman–Crippen MR) is 64.8 cm³/mol. The summed E-state index contributed by atoms with van der Waals surface area (Å²) < 4.78 is 0. The van der Waals surface area contributed by atoms with E-state index in [0.717, 1.165) is 0 Å². The van der Waals surface area contributed by atoms with Crippen LogP contribution in [0.15, 0.2) is 24.3 Å². The van der Waals surface area contributed by atoms with E-state index in [0.29, 0.717) is 19.4 Å². The Morgan fingerprint density at radius 2 is 2.05 bits per heavy atom. The summed E-state index contributed by atoms with van der Waals surface area (Å²) in [5.41, 5.74) is -0.371. The highest BCUT2D eigenvalue weighted by atomic mass is 16.6. The van der Waals surface area contributed by atoms with Crippen LogP contribution in [0.1, 0.15) is 23.2 Å². The number of carbonyl (C=O) groups is 2. The van der Waals surface area contributed by atoms with Crippen molar-refractivity contribution in [2.24, 2.45) is 0 Å². The first kappa shape index (κ1) is 13.0. The smallest absolute Gasteiger partial charge is 0.326 e. The first-order chi connectivity index (χ1) is 9.02. The lowest BCUT2D eigenvalue weighted by Gasteiger charge is -2.21. The molecule has 1 aliphatic heterocycles. The van der Waals surface area contributed by atoms with E-state index in [9.17, 15) is 19.7 Å². The number of nitro groups is 1. The van der Waals surface area contributed by atoms with Crippen molar-refractivity contribution >= 4 is 17.6 Å². The topological polar surface area (TPSA) is 101 Å². The molecule has 7 heteroatoms. The third kappa shape index (κ3) is 2.40. The van der Waals surface area contributed by atoms with E-state index in [4.69, 9.17) is 5.11 Å². The normalized spacial score (nSPS) is 18.3. The van der Waals surface area contributed by atoms with Crippen LogP contribution in [0.5, 0.6) is 0 Å². The van der Waals surface area contributed by atoms with Crippen LogP contribution in [-0.2, 0) is 4.79 Å². The molecule has 0 unspecified atom stereocenters. The average molecular weight is 264 g/mol. The van der Waals surface area contributed by atoms with Crippen molar-refractivity contribution in [1.29, 1.82) is 0 Å². The molecule has 1 N–H and O–H groups in total. The third-order valence-electron chi connectivity index (χ3n) is 3.13. The molecule has 0 radical (unpaired) electrons. The van der Waals surface area contributed by atoms with Crippen molar-refractivity contribution in [3.8, 4) is 0 Å². The van der Waals surface area contributed by atoms with E-state index in [-0.39, 0.29) is 11.3 Å². The Bertz CT molecular complexity index is 543. The van der Waals surface area contributed by atoms with Gasteiger partial charge in [-0.3, -0.25) is 14.9 Å². The maximum Gasteiger partial charge on any atom is 0.326 e. The number of likely N-dealkylation sites (tertiary alicyclic amines) is 1. The van der Waals surface area contributed by atoms with Crippen molar-refractivity contribution in [2.75, 3.05) is 6.54 Å². The number of hydrogen-bond donors (Lipinski definition) is 1. The zero-order valence-electron chi connectivity index (χ0n) is 9.98. The summed E-state index contributed by atoms with van der Waals surface area (Å²) in [4.78, 5) is 34.7. The molecule has 0 saturated carbocycles. The second-order valence-corrected chi connectivity index (χ2v) is 4.27. The summed E-state index contributed by atoms with van der Waals surface area (Å²) in [5, 5.41) is 19.9. The molecule has 100 valence electrons. The zero-order valence-corrected chi connectivity index (χ0v) is 9.98. The number of nitrogens with zero attached hydrogens (tertiary/aromatic N) is 2. The minimum Gasteiger partial charge on any atom is -0.480 e. The van der Waals surface area contributed by atoms with Crippen LogP contribution in [0.25, 0.3) is 0 Å². The summed E-state index contributed by atoms with van der Waals surface area (Å²) in [6.07, 6.45) is 0.963. The van der Waals surface area contributed by atoms with Crippen LogP contribution in [0.4, 0.5) is 5.69 Å². The summed E-state index contributed by atoms with van der Waals surface area (Å²) in [6, 6.07) is 4.67. The molecule has 0 aromatic heterocycles. The highest BCUT2D eigenvalue weighted by Crippen LogP contribution is 2.25. The maximum atomic E-state index is 12.2. The molecule has 2 rings (SSSR count). The van der Waals surface area contributed by atoms with E-state index >= 15 is 0 Å². The third-order valence-corrected chi connectivity index (χ3v) is 3.13. The molecule has 0 bridgehead atoms. The number of benzene rings is 1. The Hall–Kier alpha value is -2.44. The Balaban J connectivity index is 2.34. The molecule has 1 saturated heterocycles. The molecule has 1 aromatic carbocycles. The number of carbonyl (C=O) groups excluding carboxylic acids is 1. The number of nitro benzene ring substituents is 1. The van der Waals surface area contributed by atoms with Crippen LogP contribution < -0.4 is 0 Å². The molecule has 1 fully saturated rings. The van der Waals surface area contributed by atoms with E-state index in [1.54, 1.807) is 0 Å². The van der Waals surface area contributed by atoms with Gasteiger partial charge in [-0.15, -0.1) is 0 Å². The van der Waals surface area contributed by atoms with Gasteiger partial charge in [0.15, 0.2) is 0 Å². The first-order valence-electron chi connectivity index (χ1n) is 5.79. The van der Waals surface area contributed by atoms with Crippen molar-refractivity contribution < 1.29 is 19.6 Å². The van der Waals surface area contributed by atoms with E-state index in [1.807, 2.05) is 0 Å². The fourth-order valence-electron chi connectivity index (χ4n) is 2.23. The summed E-state index contributed by atoms with van der Waals surface area (Å²) in [6.45, 7) is 0.307. The van der Waals surface area contributed by atoms with E-state index < -0.39 is 22.8 Å². The van der Waals surface area contributed by atoms with Gasteiger partial charge in [0.05, 0.1) is 4.92 Å². The lowest BCUT2D eigenvalue weighted by atomic mass is 10.1. The van der Waals surface area contributed by atoms with Gasteiger partial charge in [0.25, 0.3) is 11.6 Å². The number of carboxylic acid groups (broad SMARTS) is 1. The minimum atomic E-state index is -1.08. The fourth-order valence-corrected chi connectivity index (χ4v) is 2.23. The van der Waals surface area contributed by atoms with Gasteiger partial charge in [0.1, 0.15) is 11.6 Å². The standard InChI is InChI=1S/C12H12N2O5/c15-11(13-7-3-6-10(13)12(16)17)8-4-1-2-5-9(8)14(18)19/h1-2,4-5,10H,3,6-7H2,(H,16,17)/t10-/m0/s1. The van der Waals surface area contributed by atoms with Gasteiger partial charge in [-0.2, -0.15) is 0 Å². The quantitative estimate of drug-likeness (QED) is 0.654. The monoisotopic (exact) mass is 264 g/mol. The zero-order chi connectivity index (χ0) is 14.0. The molecule has 1 heterocycles. The van der Waals surface area contributed by atoms with E-state index in [1.165, 1.54) is 29.2 Å². The Labute approximate surface area is 108 Å². The molecule has 1 aliphatic rings. The van der Waals surface area contributed by atoms with Crippen LogP contribution in [0.3, 0.4) is 0 Å². The fraction of sp³-hybridized carbons (Fsp3) is 0.333. The summed E-state index contributed by atoms with van der Waals surface area (Å²) in [5.74, 6) is -1.68. The Morgan fingerprint density at radius 3 is 2.68 bits per heavy atom. The molecule has 1 aromatic rings. The number of hydrogen-bond acceptors (Lipinski definition) is 4. The van der Waals surface area contributed by atoms with E-state index in [2.05, 4.69) is 0 Å². The molecule has 19 heavy (non-hydrogen) atoms. The van der Waals surface area contributed by atoms with Crippen molar-refractivity contribution in [2.45, 2.75) is 18.9 Å². The highest BCUT2D eigenvalue weighted by molar-refractivity contribution is 6.00. The Morgan fingerprint density at radius 1 is 1.37 bits per heavy atom. The van der Waals surface area contributed by atoms with Gasteiger partial charge in [-0.05, 0) is 18.9 Å². The SMILES string of the molecule is O=C(O)[C@@H]1CCCN1C(=O)c1ccccc1[N+](=O)[O-]. The second kappa shape index (κ2) is 5.05. The molecule has 1 atom stereocenters. The van der Waals surface area contributed by atoms with Gasteiger partial charge in [0, 0.05) is 12.6 Å². The van der Waals surface area contributed by atoms with Gasteiger partial charge in [0.2, 0.25) is 0 Å². The molecule has 1 amide bonds. The summed E-state index contributed by atoms with van der Waals surface area (Å²) in [7, 11) is 0. The lowest BCUT2D eigenvalue weighted by Crippen LogP contribution is -2.40. The number of carboxylic acids is 1. The van der Waals surface area contributed by atoms with Crippen molar-refractivity contribution in [3.05, 3.63) is 39.9 Å². The van der Waals surface area contributed by atoms with Crippen molar-refractivity contribution in [3.63, 3.8) is 0 Å². The lowest BCUT2D eigenvalue weighted by molar-refractivity contribution is -0.385. The largest absolute Gasteiger partial charge is 0.480 e.